The monoisotopic (exact) mass is 536 g/mol. The third-order valence-electron chi connectivity index (χ3n) is 4.38. The van der Waals surface area contributed by atoms with Crippen LogP contribution >= 0.6 is 0 Å². The van der Waals surface area contributed by atoms with Crippen LogP contribution in [-0.4, -0.2) is 31.2 Å². The van der Waals surface area contributed by atoms with Crippen molar-refractivity contribution in [2.75, 3.05) is 13.2 Å². The SMILES string of the molecule is C.CCOC(=O)/C=C(\N)Cc1cc(F)c(F)cc1F.CCOC(=O)CC(N)Cc1cc(F)c(F)cc1F. The number of allylic oxidation sites excluding steroid dienone is 1. The van der Waals surface area contributed by atoms with Crippen LogP contribution in [0.5, 0.6) is 0 Å². The zero-order valence-corrected chi connectivity index (χ0v) is 19.6. The molecule has 6 nitrogen and oxygen atoms in total. The van der Waals surface area contributed by atoms with Crippen LogP contribution in [0.2, 0.25) is 0 Å². The summed E-state index contributed by atoms with van der Waals surface area (Å²) < 4.78 is 87.0. The van der Waals surface area contributed by atoms with Crippen molar-refractivity contribution in [1.82, 2.24) is 0 Å². The maximum atomic E-state index is 13.3. The Morgan fingerprint density at radius 3 is 1.78 bits per heavy atom. The fourth-order valence-corrected chi connectivity index (χ4v) is 2.81. The maximum Gasteiger partial charge on any atom is 0.332 e. The van der Waals surface area contributed by atoms with E-state index in [0.29, 0.717) is 18.2 Å². The number of hydrogen-bond donors (Lipinski definition) is 2. The molecule has 2 rings (SSSR count). The Bertz CT molecular complexity index is 1100. The van der Waals surface area contributed by atoms with Gasteiger partial charge < -0.3 is 20.9 Å². The standard InChI is InChI=1S/C12H14F3NO2.C12H12F3NO2.CH4/c2*1-2-18-12(17)5-8(16)3-7-4-10(14)11(15)6-9(7)13;/h4,6,8H,2-3,5,16H2,1H3;4-6H,2-3,16H2,1H3;1H4/b;8-5-;. The van der Waals surface area contributed by atoms with Gasteiger partial charge in [0.2, 0.25) is 0 Å². The van der Waals surface area contributed by atoms with E-state index in [0.717, 1.165) is 12.1 Å². The minimum atomic E-state index is -1.27. The van der Waals surface area contributed by atoms with Crippen LogP contribution in [0.4, 0.5) is 26.3 Å². The lowest BCUT2D eigenvalue weighted by molar-refractivity contribution is -0.143. The summed E-state index contributed by atoms with van der Waals surface area (Å²) in [5, 5.41) is 0. The van der Waals surface area contributed by atoms with E-state index >= 15 is 0 Å². The Hall–Kier alpha value is -3.54. The average Bonchev–Trinajstić information content (AvgIpc) is 2.76. The van der Waals surface area contributed by atoms with Crippen LogP contribution in [0.25, 0.3) is 0 Å². The van der Waals surface area contributed by atoms with Gasteiger partial charge in [0.05, 0.1) is 19.6 Å². The number of ether oxygens (including phenoxy) is 2. The quantitative estimate of drug-likeness (QED) is 0.210. The summed E-state index contributed by atoms with van der Waals surface area (Å²) in [5.41, 5.74) is 10.9. The van der Waals surface area contributed by atoms with E-state index in [9.17, 15) is 35.9 Å². The summed E-state index contributed by atoms with van der Waals surface area (Å²) in [6.07, 6.45) is 0.597. The van der Waals surface area contributed by atoms with E-state index in [1.165, 1.54) is 0 Å². The average molecular weight is 537 g/mol. The van der Waals surface area contributed by atoms with Gasteiger partial charge in [0.15, 0.2) is 23.3 Å². The second-order valence-electron chi connectivity index (χ2n) is 7.34. The molecule has 37 heavy (non-hydrogen) atoms. The summed E-state index contributed by atoms with van der Waals surface area (Å²) in [6.45, 7) is 3.68. The molecule has 0 aliphatic heterocycles. The number of carbonyl (C=O) groups excluding carboxylic acids is 2. The highest BCUT2D eigenvalue weighted by atomic mass is 19.2. The number of benzene rings is 2. The van der Waals surface area contributed by atoms with E-state index in [1.807, 2.05) is 0 Å². The van der Waals surface area contributed by atoms with Crippen molar-refractivity contribution in [1.29, 1.82) is 0 Å². The molecule has 0 saturated heterocycles. The zero-order valence-electron chi connectivity index (χ0n) is 19.6. The van der Waals surface area contributed by atoms with E-state index in [1.54, 1.807) is 13.8 Å². The molecule has 0 radical (unpaired) electrons. The normalized spacial score (nSPS) is 11.5. The summed E-state index contributed by atoms with van der Waals surface area (Å²) in [6, 6.07) is 1.64. The molecule has 0 spiro atoms. The van der Waals surface area contributed by atoms with Crippen molar-refractivity contribution < 1.29 is 45.4 Å². The first-order chi connectivity index (χ1) is 16.9. The van der Waals surface area contributed by atoms with Gasteiger partial charge in [-0.2, -0.15) is 0 Å². The molecular formula is C25H30F6N2O4. The minimum absolute atomic E-state index is 0. The molecule has 0 bridgehead atoms. The molecule has 4 N–H and O–H groups in total. The van der Waals surface area contributed by atoms with Crippen LogP contribution in [0.15, 0.2) is 36.0 Å². The first kappa shape index (κ1) is 33.5. The maximum absolute atomic E-state index is 13.3. The van der Waals surface area contributed by atoms with Crippen molar-refractivity contribution in [3.8, 4) is 0 Å². The van der Waals surface area contributed by atoms with Gasteiger partial charge in [-0.3, -0.25) is 4.79 Å². The molecular weight excluding hydrogens is 506 g/mol. The second kappa shape index (κ2) is 16.3. The van der Waals surface area contributed by atoms with Gasteiger partial charge in [0.25, 0.3) is 0 Å². The largest absolute Gasteiger partial charge is 0.466 e. The van der Waals surface area contributed by atoms with Gasteiger partial charge in [-0.05, 0) is 43.5 Å². The lowest BCUT2D eigenvalue weighted by Crippen LogP contribution is -2.27. The summed E-state index contributed by atoms with van der Waals surface area (Å²) in [7, 11) is 0. The number of nitrogens with two attached hydrogens (primary N) is 2. The topological polar surface area (TPSA) is 105 Å². The smallest absolute Gasteiger partial charge is 0.332 e. The van der Waals surface area contributed by atoms with Gasteiger partial charge in [0, 0.05) is 36.4 Å². The highest BCUT2D eigenvalue weighted by Crippen LogP contribution is 2.17. The summed E-state index contributed by atoms with van der Waals surface area (Å²) in [4.78, 5) is 22.2. The predicted molar refractivity (Wildman–Crippen MR) is 125 cm³/mol. The van der Waals surface area contributed by atoms with Crippen molar-refractivity contribution >= 4 is 11.9 Å². The molecule has 1 atom stereocenters. The number of esters is 2. The van der Waals surface area contributed by atoms with Gasteiger partial charge >= 0.3 is 11.9 Å². The van der Waals surface area contributed by atoms with Crippen LogP contribution in [0.1, 0.15) is 38.8 Å². The van der Waals surface area contributed by atoms with Crippen LogP contribution in [0.3, 0.4) is 0 Å². The first-order valence-electron chi connectivity index (χ1n) is 10.7. The van der Waals surface area contributed by atoms with Crippen LogP contribution in [0, 0.1) is 34.9 Å². The molecule has 0 saturated carbocycles. The molecule has 12 heteroatoms. The molecule has 1 unspecified atom stereocenters. The molecule has 2 aromatic rings. The molecule has 0 heterocycles. The molecule has 2 aromatic carbocycles. The fourth-order valence-electron chi connectivity index (χ4n) is 2.81. The Balaban J connectivity index is 0.000000682. The number of hydrogen-bond acceptors (Lipinski definition) is 6. The van der Waals surface area contributed by atoms with Gasteiger partial charge in [-0.1, -0.05) is 7.43 Å². The Labute approximate surface area is 211 Å². The van der Waals surface area contributed by atoms with Crippen molar-refractivity contribution in [2.24, 2.45) is 11.5 Å². The van der Waals surface area contributed by atoms with E-state index < -0.39 is 52.9 Å². The predicted octanol–water partition coefficient (Wildman–Crippen LogP) is 4.62. The lowest BCUT2D eigenvalue weighted by Gasteiger charge is -2.11. The zero-order chi connectivity index (χ0) is 27.4. The highest BCUT2D eigenvalue weighted by molar-refractivity contribution is 5.82. The third kappa shape index (κ3) is 11.8. The van der Waals surface area contributed by atoms with Gasteiger partial charge in [0.1, 0.15) is 11.6 Å². The molecule has 0 aromatic heterocycles. The van der Waals surface area contributed by atoms with E-state index in [4.69, 9.17) is 11.5 Å². The van der Waals surface area contributed by atoms with Gasteiger partial charge in [-0.15, -0.1) is 0 Å². The summed E-state index contributed by atoms with van der Waals surface area (Å²) >= 11 is 0. The molecule has 0 amide bonds. The Morgan fingerprint density at radius 2 is 1.27 bits per heavy atom. The molecule has 0 aliphatic carbocycles. The Morgan fingerprint density at radius 1 is 0.811 bits per heavy atom. The van der Waals surface area contributed by atoms with Crippen LogP contribution < -0.4 is 11.5 Å². The van der Waals surface area contributed by atoms with Crippen molar-refractivity contribution in [3.63, 3.8) is 0 Å². The first-order valence-corrected chi connectivity index (χ1v) is 10.7. The lowest BCUT2D eigenvalue weighted by atomic mass is 10.0. The number of rotatable bonds is 9. The minimum Gasteiger partial charge on any atom is -0.466 e. The fraction of sp³-hybridized carbons (Fsp3) is 0.360. The van der Waals surface area contributed by atoms with Crippen LogP contribution in [-0.2, 0) is 31.9 Å². The second-order valence-corrected chi connectivity index (χ2v) is 7.34. The molecule has 0 aliphatic rings. The number of halogens is 6. The number of carbonyl (C=O) groups is 2. The van der Waals surface area contributed by atoms with Crippen molar-refractivity contribution in [3.05, 3.63) is 82.1 Å². The third-order valence-corrected chi connectivity index (χ3v) is 4.38. The van der Waals surface area contributed by atoms with Crippen molar-refractivity contribution in [2.45, 2.75) is 46.6 Å². The highest BCUT2D eigenvalue weighted by Gasteiger charge is 2.16. The molecule has 206 valence electrons. The van der Waals surface area contributed by atoms with E-state index in [-0.39, 0.29) is 56.7 Å². The van der Waals surface area contributed by atoms with E-state index in [2.05, 4.69) is 9.47 Å². The van der Waals surface area contributed by atoms with Gasteiger partial charge in [-0.25, -0.2) is 31.1 Å². The molecule has 0 fully saturated rings. The Kier molecular flexibility index (Phi) is 14.7. The summed E-state index contributed by atoms with van der Waals surface area (Å²) in [5.74, 6) is -7.82.